The van der Waals surface area contributed by atoms with Crippen LogP contribution in [0.2, 0.25) is 5.02 Å². The van der Waals surface area contributed by atoms with Crippen LogP contribution >= 0.6 is 11.6 Å². The van der Waals surface area contributed by atoms with Crippen molar-refractivity contribution in [3.05, 3.63) is 28.8 Å². The smallest absolute Gasteiger partial charge is 0.255 e. The number of piperidine rings is 1. The molecule has 1 saturated carbocycles. The summed E-state index contributed by atoms with van der Waals surface area (Å²) in [5.41, 5.74) is 5.73. The van der Waals surface area contributed by atoms with Crippen LogP contribution < -0.4 is 10.5 Å². The highest BCUT2D eigenvalue weighted by molar-refractivity contribution is 6.32. The van der Waals surface area contributed by atoms with E-state index < -0.39 is 11.5 Å². The van der Waals surface area contributed by atoms with E-state index in [-0.39, 0.29) is 6.61 Å². The molecule has 132 valence electrons. The first-order valence-electron chi connectivity index (χ1n) is 8.60. The van der Waals surface area contributed by atoms with E-state index in [9.17, 15) is 9.90 Å². The van der Waals surface area contributed by atoms with Crippen molar-refractivity contribution in [3.63, 3.8) is 0 Å². The second kappa shape index (κ2) is 7.30. The molecule has 1 aromatic rings. The van der Waals surface area contributed by atoms with Gasteiger partial charge in [0, 0.05) is 25.6 Å². The molecule has 2 atom stereocenters. The Morgan fingerprint density at radius 1 is 1.42 bits per heavy atom. The van der Waals surface area contributed by atoms with Gasteiger partial charge in [-0.1, -0.05) is 30.5 Å². The van der Waals surface area contributed by atoms with E-state index in [0.717, 1.165) is 50.9 Å². The number of amides is 1. The number of nitrogens with zero attached hydrogens (tertiary/aromatic N) is 1. The highest BCUT2D eigenvalue weighted by atomic mass is 35.5. The van der Waals surface area contributed by atoms with E-state index in [0.29, 0.717) is 16.7 Å². The van der Waals surface area contributed by atoms with Gasteiger partial charge in [-0.2, -0.15) is 0 Å². The van der Waals surface area contributed by atoms with E-state index in [1.807, 2.05) is 12.1 Å². The first-order chi connectivity index (χ1) is 11.5. The van der Waals surface area contributed by atoms with Gasteiger partial charge < -0.3 is 15.6 Å². The molecule has 24 heavy (non-hydrogen) atoms. The summed E-state index contributed by atoms with van der Waals surface area (Å²) in [6, 6.07) is 5.62. The normalized spacial score (nSPS) is 27.5. The van der Waals surface area contributed by atoms with Crippen molar-refractivity contribution in [1.29, 1.82) is 0 Å². The number of hydrogen-bond donors (Lipinski definition) is 2. The maximum absolute atomic E-state index is 10.8. The molecule has 0 spiro atoms. The van der Waals surface area contributed by atoms with Crippen molar-refractivity contribution in [2.24, 2.45) is 11.7 Å². The van der Waals surface area contributed by atoms with Gasteiger partial charge in [0.25, 0.3) is 5.91 Å². The summed E-state index contributed by atoms with van der Waals surface area (Å²) in [4.78, 5) is 13.2. The van der Waals surface area contributed by atoms with Crippen LogP contribution in [-0.2, 0) is 11.3 Å². The zero-order valence-electron chi connectivity index (χ0n) is 13.8. The van der Waals surface area contributed by atoms with E-state index in [2.05, 4.69) is 4.90 Å². The first-order valence-corrected chi connectivity index (χ1v) is 8.98. The summed E-state index contributed by atoms with van der Waals surface area (Å²) in [6.07, 6.45) is 5.29. The van der Waals surface area contributed by atoms with Gasteiger partial charge in [-0.25, -0.2) is 0 Å². The van der Waals surface area contributed by atoms with Crippen molar-refractivity contribution in [1.82, 2.24) is 4.90 Å². The Kier molecular flexibility index (Phi) is 5.33. The van der Waals surface area contributed by atoms with Crippen LogP contribution in [0, 0.1) is 5.92 Å². The van der Waals surface area contributed by atoms with Crippen molar-refractivity contribution in [3.8, 4) is 5.75 Å². The van der Waals surface area contributed by atoms with Gasteiger partial charge >= 0.3 is 0 Å². The highest BCUT2D eigenvalue weighted by Crippen LogP contribution is 2.40. The molecule has 1 aliphatic heterocycles. The van der Waals surface area contributed by atoms with E-state index in [4.69, 9.17) is 22.1 Å². The zero-order valence-corrected chi connectivity index (χ0v) is 14.6. The van der Waals surface area contributed by atoms with Gasteiger partial charge in [0.2, 0.25) is 0 Å². The van der Waals surface area contributed by atoms with Gasteiger partial charge in [-0.05, 0) is 37.0 Å². The third-order valence-corrected chi connectivity index (χ3v) is 5.58. The average Bonchev–Trinajstić information content (AvgIpc) is 2.54. The number of hydrogen-bond acceptors (Lipinski definition) is 4. The minimum absolute atomic E-state index is 0.175. The fourth-order valence-electron chi connectivity index (χ4n) is 3.95. The monoisotopic (exact) mass is 352 g/mol. The molecule has 1 amide bonds. The number of primary amides is 1. The van der Waals surface area contributed by atoms with Crippen LogP contribution in [0.3, 0.4) is 0 Å². The van der Waals surface area contributed by atoms with Crippen LogP contribution in [-0.4, -0.2) is 41.2 Å². The molecular weight excluding hydrogens is 328 g/mol. The molecule has 1 aromatic carbocycles. The number of carbonyl (C=O) groups excluding carboxylic acids is 1. The Morgan fingerprint density at radius 2 is 2.25 bits per heavy atom. The third kappa shape index (κ3) is 4.02. The predicted octanol–water partition coefficient (Wildman–Crippen LogP) is 2.33. The number of aliphatic hydroxyl groups is 1. The molecule has 1 aliphatic carbocycles. The molecule has 6 heteroatoms. The Labute approximate surface area is 147 Å². The number of fused-ring (bicyclic) bond motifs is 1. The van der Waals surface area contributed by atoms with Gasteiger partial charge in [-0.15, -0.1) is 0 Å². The first kappa shape index (κ1) is 17.5. The van der Waals surface area contributed by atoms with Gasteiger partial charge in [-0.3, -0.25) is 9.69 Å². The standard InChI is InChI=1S/C18H25ClN2O3/c19-15-9-13(4-5-16(15)24-12-17(20)22)10-21-8-7-18(23)6-2-1-3-14(18)11-21/h4-5,9,14,23H,1-3,6-8,10-12H2,(H2,20,22)/t14-,18-/m0/s1. The molecule has 1 heterocycles. The van der Waals surface area contributed by atoms with E-state index in [1.54, 1.807) is 6.07 Å². The van der Waals surface area contributed by atoms with Crippen molar-refractivity contribution < 1.29 is 14.6 Å². The Hall–Kier alpha value is -1.30. The summed E-state index contributed by atoms with van der Waals surface area (Å²) in [6.45, 7) is 2.48. The second-order valence-corrected chi connectivity index (χ2v) is 7.46. The Morgan fingerprint density at radius 3 is 3.00 bits per heavy atom. The molecule has 0 radical (unpaired) electrons. The van der Waals surface area contributed by atoms with Crippen molar-refractivity contribution in [2.75, 3.05) is 19.7 Å². The number of rotatable bonds is 5. The average molecular weight is 353 g/mol. The molecule has 2 fully saturated rings. The molecule has 2 aliphatic rings. The zero-order chi connectivity index (χ0) is 17.2. The van der Waals surface area contributed by atoms with Gasteiger partial charge in [0.1, 0.15) is 5.75 Å². The van der Waals surface area contributed by atoms with Gasteiger partial charge in [0.15, 0.2) is 6.61 Å². The molecule has 3 N–H and O–H groups in total. The number of carbonyl (C=O) groups is 1. The Balaban J connectivity index is 1.60. The lowest BCUT2D eigenvalue weighted by atomic mass is 9.71. The predicted molar refractivity (Wildman–Crippen MR) is 92.9 cm³/mol. The summed E-state index contributed by atoms with van der Waals surface area (Å²) < 4.78 is 5.27. The van der Waals surface area contributed by atoms with Gasteiger partial charge in [0.05, 0.1) is 10.6 Å². The van der Waals surface area contributed by atoms with Crippen molar-refractivity contribution >= 4 is 17.5 Å². The quantitative estimate of drug-likeness (QED) is 0.852. The van der Waals surface area contributed by atoms with E-state index in [1.165, 1.54) is 6.42 Å². The minimum Gasteiger partial charge on any atom is -0.482 e. The molecule has 0 bridgehead atoms. The van der Waals surface area contributed by atoms with Crippen LogP contribution in [0.4, 0.5) is 0 Å². The van der Waals surface area contributed by atoms with Crippen LogP contribution in [0.25, 0.3) is 0 Å². The fraction of sp³-hybridized carbons (Fsp3) is 0.611. The summed E-state index contributed by atoms with van der Waals surface area (Å²) in [5.74, 6) is 0.330. The van der Waals surface area contributed by atoms with Crippen LogP contribution in [0.15, 0.2) is 18.2 Å². The topological polar surface area (TPSA) is 75.8 Å². The number of likely N-dealkylation sites (tertiary alicyclic amines) is 1. The molecule has 5 nitrogen and oxygen atoms in total. The van der Waals surface area contributed by atoms with E-state index >= 15 is 0 Å². The van der Waals surface area contributed by atoms with Crippen LogP contribution in [0.1, 0.15) is 37.7 Å². The molecular formula is C18H25ClN2O3. The molecule has 1 saturated heterocycles. The largest absolute Gasteiger partial charge is 0.482 e. The Bertz CT molecular complexity index is 610. The number of benzene rings is 1. The number of halogens is 1. The van der Waals surface area contributed by atoms with Crippen molar-refractivity contribution in [2.45, 2.75) is 44.2 Å². The maximum Gasteiger partial charge on any atom is 0.255 e. The lowest BCUT2D eigenvalue weighted by Gasteiger charge is -2.47. The lowest BCUT2D eigenvalue weighted by Crippen LogP contribution is -2.52. The number of nitrogens with two attached hydrogens (primary N) is 1. The highest BCUT2D eigenvalue weighted by Gasteiger charge is 2.42. The molecule has 0 aromatic heterocycles. The summed E-state index contributed by atoms with van der Waals surface area (Å²) >= 11 is 6.23. The second-order valence-electron chi connectivity index (χ2n) is 7.05. The summed E-state index contributed by atoms with van der Waals surface area (Å²) in [7, 11) is 0. The number of ether oxygens (including phenoxy) is 1. The molecule has 3 rings (SSSR count). The fourth-order valence-corrected chi connectivity index (χ4v) is 4.21. The third-order valence-electron chi connectivity index (χ3n) is 5.28. The summed E-state index contributed by atoms with van der Waals surface area (Å²) in [5, 5.41) is 11.2. The SMILES string of the molecule is NC(=O)COc1ccc(CN2CC[C@@]3(O)CCCC[C@H]3C2)cc1Cl. The maximum atomic E-state index is 10.8. The van der Waals surface area contributed by atoms with Crippen LogP contribution in [0.5, 0.6) is 5.75 Å². The lowest BCUT2D eigenvalue weighted by molar-refractivity contribution is -0.119. The molecule has 0 unspecified atom stereocenters. The minimum atomic E-state index is -0.525.